The molecule has 1 heterocycles. The normalized spacial score (nSPS) is 14.2. The third-order valence-corrected chi connectivity index (χ3v) is 6.70. The van der Waals surface area contributed by atoms with Gasteiger partial charge in [0.15, 0.2) is 11.5 Å². The standard InChI is InChI=1S/C28H24ClFN2O5S/c1-3-36-24-12-18(9-11-23(24)37-16-19-6-4-5-7-21(19)30)13-25-27(34)32(28(35)38-25)15-26(33)31-22-14-20(29)10-8-17(22)2/h4-14H,3,15-16H2,1-2H3,(H,31,33)/b25-13+. The number of nitrogens with one attached hydrogen (secondary N) is 1. The molecule has 38 heavy (non-hydrogen) atoms. The van der Waals surface area contributed by atoms with Crippen molar-refractivity contribution in [3.05, 3.63) is 93.1 Å². The molecule has 1 fully saturated rings. The zero-order chi connectivity index (χ0) is 27.2. The highest BCUT2D eigenvalue weighted by atomic mass is 35.5. The number of benzene rings is 3. The molecule has 0 atom stereocenters. The second-order valence-electron chi connectivity index (χ2n) is 8.29. The lowest BCUT2D eigenvalue weighted by Gasteiger charge is -2.14. The Morgan fingerprint density at radius 3 is 2.63 bits per heavy atom. The number of thioether (sulfide) groups is 1. The molecule has 10 heteroatoms. The number of hydrogen-bond donors (Lipinski definition) is 1. The molecule has 0 aromatic heterocycles. The molecule has 0 bridgehead atoms. The van der Waals surface area contributed by atoms with Gasteiger partial charge < -0.3 is 14.8 Å². The van der Waals surface area contributed by atoms with E-state index in [4.69, 9.17) is 21.1 Å². The van der Waals surface area contributed by atoms with Gasteiger partial charge in [0.2, 0.25) is 5.91 Å². The van der Waals surface area contributed by atoms with Gasteiger partial charge in [-0.05, 0) is 73.1 Å². The van der Waals surface area contributed by atoms with Gasteiger partial charge in [-0.1, -0.05) is 41.9 Å². The van der Waals surface area contributed by atoms with Crippen LogP contribution < -0.4 is 14.8 Å². The third kappa shape index (κ3) is 6.54. The Balaban J connectivity index is 1.46. The van der Waals surface area contributed by atoms with E-state index >= 15 is 0 Å². The number of rotatable bonds is 9. The molecule has 3 aromatic rings. The summed E-state index contributed by atoms with van der Waals surface area (Å²) in [7, 11) is 0. The lowest BCUT2D eigenvalue weighted by atomic mass is 10.1. The Hall–Kier alpha value is -3.82. The summed E-state index contributed by atoms with van der Waals surface area (Å²) in [5, 5.41) is 2.59. The van der Waals surface area contributed by atoms with Gasteiger partial charge in [-0.15, -0.1) is 0 Å². The maximum Gasteiger partial charge on any atom is 0.294 e. The van der Waals surface area contributed by atoms with Crippen molar-refractivity contribution in [2.24, 2.45) is 0 Å². The highest BCUT2D eigenvalue weighted by molar-refractivity contribution is 8.18. The number of anilines is 1. The van der Waals surface area contributed by atoms with Crippen molar-refractivity contribution in [1.82, 2.24) is 4.90 Å². The molecule has 4 rings (SSSR count). The predicted molar refractivity (Wildman–Crippen MR) is 146 cm³/mol. The van der Waals surface area contributed by atoms with Crippen molar-refractivity contribution in [2.75, 3.05) is 18.5 Å². The van der Waals surface area contributed by atoms with Crippen molar-refractivity contribution in [1.29, 1.82) is 0 Å². The molecule has 3 amide bonds. The van der Waals surface area contributed by atoms with Crippen LogP contribution in [-0.4, -0.2) is 35.1 Å². The Morgan fingerprint density at radius 1 is 1.08 bits per heavy atom. The van der Waals surface area contributed by atoms with Crippen molar-refractivity contribution in [3.63, 3.8) is 0 Å². The fourth-order valence-electron chi connectivity index (χ4n) is 3.62. The summed E-state index contributed by atoms with van der Waals surface area (Å²) in [4.78, 5) is 39.0. The zero-order valence-corrected chi connectivity index (χ0v) is 22.2. The molecular formula is C28H24ClFN2O5S. The topological polar surface area (TPSA) is 84.9 Å². The minimum Gasteiger partial charge on any atom is -0.490 e. The number of ether oxygens (including phenoxy) is 2. The summed E-state index contributed by atoms with van der Waals surface area (Å²) in [5.74, 6) is -0.639. The van der Waals surface area contributed by atoms with Crippen molar-refractivity contribution in [2.45, 2.75) is 20.5 Å². The molecule has 196 valence electrons. The second-order valence-corrected chi connectivity index (χ2v) is 9.72. The maximum atomic E-state index is 13.9. The van der Waals surface area contributed by atoms with Crippen LogP contribution in [0, 0.1) is 12.7 Å². The lowest BCUT2D eigenvalue weighted by molar-refractivity contribution is -0.127. The minimum absolute atomic E-state index is 0.0156. The summed E-state index contributed by atoms with van der Waals surface area (Å²) in [6.45, 7) is 3.57. The van der Waals surface area contributed by atoms with Gasteiger partial charge in [0.1, 0.15) is 19.0 Å². The number of aryl methyl sites for hydroxylation is 1. The SMILES string of the molecule is CCOc1cc(/C=C2/SC(=O)N(CC(=O)Nc3cc(Cl)ccc3C)C2=O)ccc1OCc1ccccc1F. The summed E-state index contributed by atoms with van der Waals surface area (Å²) in [6, 6.07) is 16.4. The van der Waals surface area contributed by atoms with Gasteiger partial charge >= 0.3 is 0 Å². The number of hydrogen-bond acceptors (Lipinski definition) is 6. The Morgan fingerprint density at radius 2 is 1.87 bits per heavy atom. The van der Waals surface area contributed by atoms with Gasteiger partial charge in [-0.25, -0.2) is 4.39 Å². The van der Waals surface area contributed by atoms with E-state index in [1.54, 1.807) is 60.7 Å². The first-order chi connectivity index (χ1) is 18.2. The molecule has 0 saturated carbocycles. The Kier molecular flexibility index (Phi) is 8.70. The number of amides is 3. The summed E-state index contributed by atoms with van der Waals surface area (Å²) in [5.41, 5.74) is 2.30. The molecule has 1 aliphatic rings. The molecule has 1 aliphatic heterocycles. The molecule has 1 N–H and O–H groups in total. The molecular weight excluding hydrogens is 531 g/mol. The average molecular weight is 555 g/mol. The van der Waals surface area contributed by atoms with Crippen LogP contribution in [0.2, 0.25) is 5.02 Å². The van der Waals surface area contributed by atoms with Crippen LogP contribution in [0.25, 0.3) is 6.08 Å². The third-order valence-electron chi connectivity index (χ3n) is 5.56. The van der Waals surface area contributed by atoms with E-state index in [1.807, 2.05) is 13.8 Å². The van der Waals surface area contributed by atoms with E-state index in [-0.39, 0.29) is 17.3 Å². The fourth-order valence-corrected chi connectivity index (χ4v) is 4.63. The van der Waals surface area contributed by atoms with E-state index in [2.05, 4.69) is 5.32 Å². The van der Waals surface area contributed by atoms with E-state index in [0.717, 1.165) is 22.2 Å². The number of carbonyl (C=O) groups excluding carboxylic acids is 3. The van der Waals surface area contributed by atoms with Crippen LogP contribution in [0.4, 0.5) is 14.9 Å². The highest BCUT2D eigenvalue weighted by Crippen LogP contribution is 2.35. The van der Waals surface area contributed by atoms with Gasteiger partial charge in [0.05, 0.1) is 11.5 Å². The number of nitrogens with zero attached hydrogens (tertiary/aromatic N) is 1. The molecule has 1 saturated heterocycles. The molecule has 0 spiro atoms. The lowest BCUT2D eigenvalue weighted by Crippen LogP contribution is -2.36. The monoisotopic (exact) mass is 554 g/mol. The first kappa shape index (κ1) is 27.2. The average Bonchev–Trinajstić information content (AvgIpc) is 3.14. The van der Waals surface area contributed by atoms with Crippen molar-refractivity contribution >= 4 is 52.2 Å². The number of carbonyl (C=O) groups is 3. The molecule has 0 unspecified atom stereocenters. The van der Waals surface area contributed by atoms with Crippen LogP contribution in [0.1, 0.15) is 23.6 Å². The molecule has 3 aromatic carbocycles. The number of imide groups is 1. The van der Waals surface area contributed by atoms with E-state index < -0.39 is 23.6 Å². The summed E-state index contributed by atoms with van der Waals surface area (Å²) >= 11 is 6.74. The molecule has 7 nitrogen and oxygen atoms in total. The maximum absolute atomic E-state index is 13.9. The first-order valence-electron chi connectivity index (χ1n) is 11.7. The molecule has 0 aliphatic carbocycles. The van der Waals surface area contributed by atoms with Crippen LogP contribution in [-0.2, 0) is 16.2 Å². The Labute approximate surface area is 228 Å². The zero-order valence-electron chi connectivity index (χ0n) is 20.6. The van der Waals surface area contributed by atoms with Gasteiger partial charge in [0.25, 0.3) is 11.1 Å². The van der Waals surface area contributed by atoms with Gasteiger partial charge in [-0.3, -0.25) is 19.3 Å². The van der Waals surface area contributed by atoms with Crippen LogP contribution >= 0.6 is 23.4 Å². The smallest absolute Gasteiger partial charge is 0.294 e. The van der Waals surface area contributed by atoms with Crippen LogP contribution in [0.3, 0.4) is 0 Å². The largest absolute Gasteiger partial charge is 0.490 e. The number of halogens is 2. The predicted octanol–water partition coefficient (Wildman–Crippen LogP) is 6.44. The summed E-state index contributed by atoms with van der Waals surface area (Å²) < 4.78 is 25.4. The second kappa shape index (κ2) is 12.1. The van der Waals surface area contributed by atoms with Crippen molar-refractivity contribution < 1.29 is 28.2 Å². The van der Waals surface area contributed by atoms with Crippen LogP contribution in [0.5, 0.6) is 11.5 Å². The first-order valence-corrected chi connectivity index (χ1v) is 12.9. The minimum atomic E-state index is -0.573. The fraction of sp³-hybridized carbons (Fsp3) is 0.179. The van der Waals surface area contributed by atoms with Crippen molar-refractivity contribution in [3.8, 4) is 11.5 Å². The van der Waals surface area contributed by atoms with E-state index in [0.29, 0.717) is 39.9 Å². The summed E-state index contributed by atoms with van der Waals surface area (Å²) in [6.07, 6.45) is 1.55. The van der Waals surface area contributed by atoms with Gasteiger partial charge in [0, 0.05) is 16.3 Å². The van der Waals surface area contributed by atoms with E-state index in [9.17, 15) is 18.8 Å². The quantitative estimate of drug-likeness (QED) is 0.306. The molecule has 0 radical (unpaired) electrons. The van der Waals surface area contributed by atoms with Gasteiger partial charge in [-0.2, -0.15) is 0 Å². The highest BCUT2D eigenvalue weighted by Gasteiger charge is 2.36. The van der Waals surface area contributed by atoms with Crippen LogP contribution in [0.15, 0.2) is 65.6 Å². The van der Waals surface area contributed by atoms with E-state index in [1.165, 1.54) is 6.07 Å². The Bertz CT molecular complexity index is 1430.